The lowest BCUT2D eigenvalue weighted by atomic mass is 10.2. The van der Waals surface area contributed by atoms with E-state index in [0.717, 1.165) is 32.6 Å². The molecule has 2 amide bonds. The molecule has 0 aromatic rings. The van der Waals surface area contributed by atoms with Crippen LogP contribution in [0.25, 0.3) is 0 Å². The van der Waals surface area contributed by atoms with E-state index in [2.05, 4.69) is 13.8 Å². The number of urea groups is 1. The fourth-order valence-electron chi connectivity index (χ4n) is 1.68. The van der Waals surface area contributed by atoms with Gasteiger partial charge in [-0.1, -0.05) is 13.8 Å². The Bertz CT molecular complexity index is 191. The Balaban J connectivity index is 4.40. The maximum absolute atomic E-state index is 12.2. The molecular weight excluding hydrogens is 202 g/mol. The summed E-state index contributed by atoms with van der Waals surface area (Å²) in [5, 5.41) is 0. The normalized spacial score (nSPS) is 10.6. The lowest BCUT2D eigenvalue weighted by Crippen LogP contribution is -2.45. The first-order chi connectivity index (χ1) is 7.56. The first-order valence-electron chi connectivity index (χ1n) is 6.30. The maximum Gasteiger partial charge on any atom is 0.319 e. The van der Waals surface area contributed by atoms with Gasteiger partial charge >= 0.3 is 6.03 Å². The molecule has 0 aliphatic carbocycles. The number of hydrogen-bond acceptors (Lipinski definition) is 2. The SMILES string of the molecule is CCN(CC)C(=O)N(CCCN)CC(C)C. The standard InChI is InChI=1S/C12H27N3O/c1-5-14(6-2)12(16)15(9-7-8-13)10-11(3)4/h11H,5-10,13H2,1-4H3. The van der Waals surface area contributed by atoms with E-state index in [0.29, 0.717) is 12.5 Å². The van der Waals surface area contributed by atoms with Crippen molar-refractivity contribution in [2.45, 2.75) is 34.1 Å². The minimum Gasteiger partial charge on any atom is -0.330 e. The van der Waals surface area contributed by atoms with Crippen LogP contribution >= 0.6 is 0 Å². The smallest absolute Gasteiger partial charge is 0.319 e. The van der Waals surface area contributed by atoms with Crippen molar-refractivity contribution in [3.8, 4) is 0 Å². The van der Waals surface area contributed by atoms with Gasteiger partial charge in [0.1, 0.15) is 0 Å². The Labute approximate surface area is 99.8 Å². The third-order valence-corrected chi connectivity index (χ3v) is 2.52. The maximum atomic E-state index is 12.2. The van der Waals surface area contributed by atoms with Crippen molar-refractivity contribution in [1.29, 1.82) is 0 Å². The van der Waals surface area contributed by atoms with Gasteiger partial charge in [-0.3, -0.25) is 0 Å². The zero-order valence-corrected chi connectivity index (χ0v) is 11.2. The zero-order valence-electron chi connectivity index (χ0n) is 11.2. The summed E-state index contributed by atoms with van der Waals surface area (Å²) in [7, 11) is 0. The van der Waals surface area contributed by atoms with E-state index in [1.54, 1.807) is 0 Å². The molecule has 0 aromatic heterocycles. The predicted octanol–water partition coefficient (Wildman–Crippen LogP) is 1.75. The number of rotatable bonds is 7. The number of amides is 2. The number of carbonyl (C=O) groups excluding carboxylic acids is 1. The van der Waals surface area contributed by atoms with E-state index in [9.17, 15) is 4.79 Å². The molecule has 0 aliphatic heterocycles. The number of nitrogens with zero attached hydrogens (tertiary/aromatic N) is 2. The Morgan fingerprint density at radius 3 is 2.12 bits per heavy atom. The molecule has 96 valence electrons. The molecule has 0 radical (unpaired) electrons. The Morgan fingerprint density at radius 1 is 1.19 bits per heavy atom. The first-order valence-corrected chi connectivity index (χ1v) is 6.30. The van der Waals surface area contributed by atoms with Crippen LogP contribution < -0.4 is 5.73 Å². The van der Waals surface area contributed by atoms with Gasteiger partial charge in [0.05, 0.1) is 0 Å². The second-order valence-electron chi connectivity index (χ2n) is 4.44. The fraction of sp³-hybridized carbons (Fsp3) is 0.917. The van der Waals surface area contributed by atoms with Crippen molar-refractivity contribution >= 4 is 6.03 Å². The van der Waals surface area contributed by atoms with Gasteiger partial charge in [-0.05, 0) is 32.7 Å². The molecule has 0 spiro atoms. The van der Waals surface area contributed by atoms with Gasteiger partial charge in [0.2, 0.25) is 0 Å². The quantitative estimate of drug-likeness (QED) is 0.723. The van der Waals surface area contributed by atoms with Crippen LogP contribution in [0.15, 0.2) is 0 Å². The van der Waals surface area contributed by atoms with Crippen molar-refractivity contribution in [1.82, 2.24) is 9.80 Å². The van der Waals surface area contributed by atoms with Crippen LogP contribution in [0.1, 0.15) is 34.1 Å². The third kappa shape index (κ3) is 5.35. The van der Waals surface area contributed by atoms with Crippen LogP contribution in [0, 0.1) is 5.92 Å². The average molecular weight is 229 g/mol. The molecule has 16 heavy (non-hydrogen) atoms. The number of nitrogens with two attached hydrogens (primary N) is 1. The van der Waals surface area contributed by atoms with Crippen molar-refractivity contribution in [3.63, 3.8) is 0 Å². The summed E-state index contributed by atoms with van der Waals surface area (Å²) in [4.78, 5) is 15.9. The summed E-state index contributed by atoms with van der Waals surface area (Å²) in [6, 6.07) is 0.146. The molecular formula is C12H27N3O. The van der Waals surface area contributed by atoms with Gasteiger partial charge in [0.15, 0.2) is 0 Å². The summed E-state index contributed by atoms with van der Waals surface area (Å²) in [5.74, 6) is 0.497. The minimum absolute atomic E-state index is 0.146. The van der Waals surface area contributed by atoms with Crippen LogP contribution in [0.4, 0.5) is 4.79 Å². The molecule has 0 aliphatic rings. The summed E-state index contributed by atoms with van der Waals surface area (Å²) in [5.41, 5.74) is 5.50. The highest BCUT2D eigenvalue weighted by molar-refractivity contribution is 5.74. The summed E-state index contributed by atoms with van der Waals surface area (Å²) in [6.45, 7) is 12.0. The van der Waals surface area contributed by atoms with Crippen LogP contribution in [0.2, 0.25) is 0 Å². The molecule has 0 fully saturated rings. The van der Waals surface area contributed by atoms with Crippen molar-refractivity contribution < 1.29 is 4.79 Å². The molecule has 0 rings (SSSR count). The van der Waals surface area contributed by atoms with Crippen LogP contribution in [0.5, 0.6) is 0 Å². The monoisotopic (exact) mass is 229 g/mol. The second kappa shape index (κ2) is 8.39. The van der Waals surface area contributed by atoms with Gasteiger partial charge in [0.25, 0.3) is 0 Å². The molecule has 4 heteroatoms. The molecule has 0 saturated carbocycles. The van der Waals surface area contributed by atoms with Crippen molar-refractivity contribution in [3.05, 3.63) is 0 Å². The number of hydrogen-bond donors (Lipinski definition) is 1. The molecule has 4 nitrogen and oxygen atoms in total. The highest BCUT2D eigenvalue weighted by Crippen LogP contribution is 2.05. The van der Waals surface area contributed by atoms with E-state index in [1.807, 2.05) is 23.6 Å². The van der Waals surface area contributed by atoms with E-state index >= 15 is 0 Å². The minimum atomic E-state index is 0.146. The van der Waals surface area contributed by atoms with E-state index in [-0.39, 0.29) is 6.03 Å². The molecule has 0 aromatic carbocycles. The third-order valence-electron chi connectivity index (χ3n) is 2.52. The van der Waals surface area contributed by atoms with Gasteiger partial charge in [-0.25, -0.2) is 4.79 Å². The molecule has 2 N–H and O–H groups in total. The van der Waals surface area contributed by atoms with Crippen LogP contribution in [-0.2, 0) is 0 Å². The fourth-order valence-corrected chi connectivity index (χ4v) is 1.68. The molecule has 0 bridgehead atoms. The Morgan fingerprint density at radius 2 is 1.75 bits per heavy atom. The van der Waals surface area contributed by atoms with E-state index in [4.69, 9.17) is 5.73 Å². The zero-order chi connectivity index (χ0) is 12.6. The number of carbonyl (C=O) groups is 1. The van der Waals surface area contributed by atoms with Gasteiger partial charge < -0.3 is 15.5 Å². The van der Waals surface area contributed by atoms with Gasteiger partial charge in [0, 0.05) is 26.2 Å². The summed E-state index contributed by atoms with van der Waals surface area (Å²) in [6.07, 6.45) is 0.875. The average Bonchev–Trinajstić information content (AvgIpc) is 2.25. The largest absolute Gasteiger partial charge is 0.330 e. The Hall–Kier alpha value is -0.770. The van der Waals surface area contributed by atoms with Crippen LogP contribution in [0.3, 0.4) is 0 Å². The van der Waals surface area contributed by atoms with Crippen molar-refractivity contribution in [2.24, 2.45) is 11.7 Å². The first kappa shape index (κ1) is 15.2. The lowest BCUT2D eigenvalue weighted by Gasteiger charge is -2.30. The highest BCUT2D eigenvalue weighted by Gasteiger charge is 2.18. The Kier molecular flexibility index (Phi) is 7.99. The van der Waals surface area contributed by atoms with E-state index < -0.39 is 0 Å². The molecule has 0 saturated heterocycles. The summed E-state index contributed by atoms with van der Waals surface area (Å²) < 4.78 is 0. The van der Waals surface area contributed by atoms with Crippen molar-refractivity contribution in [2.75, 3.05) is 32.7 Å². The highest BCUT2D eigenvalue weighted by atomic mass is 16.2. The molecule has 0 atom stereocenters. The van der Waals surface area contributed by atoms with Crippen LogP contribution in [-0.4, -0.2) is 48.6 Å². The van der Waals surface area contributed by atoms with Gasteiger partial charge in [-0.15, -0.1) is 0 Å². The topological polar surface area (TPSA) is 49.6 Å². The summed E-state index contributed by atoms with van der Waals surface area (Å²) >= 11 is 0. The molecule has 0 unspecified atom stereocenters. The van der Waals surface area contributed by atoms with Gasteiger partial charge in [-0.2, -0.15) is 0 Å². The second-order valence-corrected chi connectivity index (χ2v) is 4.44. The van der Waals surface area contributed by atoms with E-state index in [1.165, 1.54) is 0 Å². The molecule has 0 heterocycles. The predicted molar refractivity (Wildman–Crippen MR) is 68.4 cm³/mol. The lowest BCUT2D eigenvalue weighted by molar-refractivity contribution is 0.151.